The molecule has 0 saturated carbocycles. The number of hydrogen-bond acceptors (Lipinski definition) is 2. The Kier molecular flexibility index (Phi) is 2.85. The average molecular weight is 191 g/mol. The van der Waals surface area contributed by atoms with E-state index in [0.717, 1.165) is 13.0 Å². The van der Waals surface area contributed by atoms with Crippen molar-refractivity contribution in [2.45, 2.75) is 18.6 Å². The van der Waals surface area contributed by atoms with E-state index in [1.54, 1.807) is 0 Å². The molecule has 1 aliphatic rings. The van der Waals surface area contributed by atoms with E-state index in [1.165, 1.54) is 5.56 Å². The minimum atomic E-state index is 0.295. The summed E-state index contributed by atoms with van der Waals surface area (Å²) in [6.45, 7) is 0.854. The van der Waals surface area contributed by atoms with Crippen molar-refractivity contribution in [3.63, 3.8) is 0 Å². The van der Waals surface area contributed by atoms with Crippen LogP contribution < -0.4 is 0 Å². The third kappa shape index (κ3) is 1.97. The van der Waals surface area contributed by atoms with E-state index in [4.69, 9.17) is 4.74 Å². The molecule has 0 spiro atoms. The molecule has 0 aromatic heterocycles. The van der Waals surface area contributed by atoms with Crippen molar-refractivity contribution in [2.75, 3.05) is 20.7 Å². The fourth-order valence-corrected chi connectivity index (χ4v) is 1.87. The molecule has 0 radical (unpaired) electrons. The standard InChI is InChI=1S/C12H17NO/c1-13(2)11-8-12(14-9-11)10-6-4-3-5-7-10/h3-7,11-12H,8-9H2,1-2H3. The molecule has 0 aliphatic carbocycles. The predicted octanol–water partition coefficient (Wildman–Crippen LogP) is 2.08. The van der Waals surface area contributed by atoms with Crippen molar-refractivity contribution in [1.29, 1.82) is 0 Å². The number of ether oxygens (including phenoxy) is 1. The summed E-state index contributed by atoms with van der Waals surface area (Å²) in [5, 5.41) is 0. The van der Waals surface area contributed by atoms with Crippen LogP contribution in [0.1, 0.15) is 18.1 Å². The van der Waals surface area contributed by atoms with Gasteiger partial charge in [-0.1, -0.05) is 30.3 Å². The molecule has 1 aliphatic heterocycles. The molecule has 1 fully saturated rings. The van der Waals surface area contributed by atoms with Gasteiger partial charge in [0.2, 0.25) is 0 Å². The lowest BCUT2D eigenvalue weighted by Crippen LogP contribution is -2.27. The van der Waals surface area contributed by atoms with Gasteiger partial charge in [0.1, 0.15) is 0 Å². The first-order valence-electron chi connectivity index (χ1n) is 5.10. The molecule has 2 atom stereocenters. The first kappa shape index (κ1) is 9.69. The van der Waals surface area contributed by atoms with Gasteiger partial charge in [0, 0.05) is 6.04 Å². The van der Waals surface area contributed by atoms with E-state index in [9.17, 15) is 0 Å². The molecule has 2 nitrogen and oxygen atoms in total. The van der Waals surface area contributed by atoms with Gasteiger partial charge in [-0.3, -0.25) is 0 Å². The Hall–Kier alpha value is -0.860. The Bertz CT molecular complexity index is 284. The minimum absolute atomic E-state index is 0.295. The molecule has 0 N–H and O–H groups in total. The predicted molar refractivity (Wildman–Crippen MR) is 57.2 cm³/mol. The Morgan fingerprint density at radius 1 is 1.21 bits per heavy atom. The van der Waals surface area contributed by atoms with Gasteiger partial charge in [0.25, 0.3) is 0 Å². The van der Waals surface area contributed by atoms with Gasteiger partial charge in [0.15, 0.2) is 0 Å². The summed E-state index contributed by atoms with van der Waals surface area (Å²) in [7, 11) is 4.22. The van der Waals surface area contributed by atoms with Crippen LogP contribution in [0.2, 0.25) is 0 Å². The largest absolute Gasteiger partial charge is 0.372 e. The number of rotatable bonds is 2. The molecule has 2 unspecified atom stereocenters. The molecule has 2 heteroatoms. The van der Waals surface area contributed by atoms with Crippen molar-refractivity contribution in [3.05, 3.63) is 35.9 Å². The highest BCUT2D eigenvalue weighted by molar-refractivity contribution is 5.18. The van der Waals surface area contributed by atoms with Gasteiger partial charge in [-0.25, -0.2) is 0 Å². The highest BCUT2D eigenvalue weighted by atomic mass is 16.5. The average Bonchev–Trinajstić information content (AvgIpc) is 2.68. The van der Waals surface area contributed by atoms with Crippen LogP contribution in [0.25, 0.3) is 0 Å². The zero-order valence-electron chi connectivity index (χ0n) is 8.81. The maximum Gasteiger partial charge on any atom is 0.0841 e. The van der Waals surface area contributed by atoms with Crippen LogP contribution >= 0.6 is 0 Å². The maximum absolute atomic E-state index is 5.77. The molecular formula is C12H17NO. The van der Waals surface area contributed by atoms with Crippen molar-refractivity contribution in [2.24, 2.45) is 0 Å². The van der Waals surface area contributed by atoms with Gasteiger partial charge < -0.3 is 9.64 Å². The molecule has 1 heterocycles. The zero-order valence-corrected chi connectivity index (χ0v) is 8.81. The van der Waals surface area contributed by atoms with E-state index in [-0.39, 0.29) is 0 Å². The zero-order chi connectivity index (χ0) is 9.97. The highest BCUT2D eigenvalue weighted by Crippen LogP contribution is 2.30. The second-order valence-electron chi connectivity index (χ2n) is 4.09. The third-order valence-electron chi connectivity index (χ3n) is 2.88. The summed E-state index contributed by atoms with van der Waals surface area (Å²) < 4.78 is 5.77. The molecule has 14 heavy (non-hydrogen) atoms. The van der Waals surface area contributed by atoms with Crippen LogP contribution in [-0.4, -0.2) is 31.6 Å². The fourth-order valence-electron chi connectivity index (χ4n) is 1.87. The summed E-state index contributed by atoms with van der Waals surface area (Å²) >= 11 is 0. The fraction of sp³-hybridized carbons (Fsp3) is 0.500. The normalized spacial score (nSPS) is 27.1. The quantitative estimate of drug-likeness (QED) is 0.709. The monoisotopic (exact) mass is 191 g/mol. The minimum Gasteiger partial charge on any atom is -0.372 e. The van der Waals surface area contributed by atoms with Gasteiger partial charge in [-0.05, 0) is 26.1 Å². The van der Waals surface area contributed by atoms with Crippen molar-refractivity contribution in [3.8, 4) is 0 Å². The van der Waals surface area contributed by atoms with Gasteiger partial charge >= 0.3 is 0 Å². The van der Waals surface area contributed by atoms with Gasteiger partial charge in [-0.15, -0.1) is 0 Å². The number of nitrogens with zero attached hydrogens (tertiary/aromatic N) is 1. The summed E-state index contributed by atoms with van der Waals surface area (Å²) in [5.41, 5.74) is 1.30. The molecule has 1 saturated heterocycles. The van der Waals surface area contributed by atoms with Crippen LogP contribution in [-0.2, 0) is 4.74 Å². The molecule has 0 bridgehead atoms. The van der Waals surface area contributed by atoms with E-state index >= 15 is 0 Å². The number of benzene rings is 1. The Labute approximate surface area is 85.5 Å². The van der Waals surface area contributed by atoms with Crippen LogP contribution in [0.4, 0.5) is 0 Å². The number of hydrogen-bond donors (Lipinski definition) is 0. The van der Waals surface area contributed by atoms with Crippen LogP contribution in [0.3, 0.4) is 0 Å². The van der Waals surface area contributed by atoms with Crippen molar-refractivity contribution >= 4 is 0 Å². The summed E-state index contributed by atoms with van der Waals surface area (Å²) in [5.74, 6) is 0. The first-order valence-corrected chi connectivity index (χ1v) is 5.10. The summed E-state index contributed by atoms with van der Waals surface area (Å²) in [4.78, 5) is 2.24. The van der Waals surface area contributed by atoms with Crippen LogP contribution in [0.5, 0.6) is 0 Å². The van der Waals surface area contributed by atoms with Gasteiger partial charge in [0.05, 0.1) is 12.7 Å². The Morgan fingerprint density at radius 2 is 1.93 bits per heavy atom. The second-order valence-corrected chi connectivity index (χ2v) is 4.09. The topological polar surface area (TPSA) is 12.5 Å². The van der Waals surface area contributed by atoms with Crippen LogP contribution in [0.15, 0.2) is 30.3 Å². The lowest BCUT2D eigenvalue weighted by molar-refractivity contribution is 0.103. The van der Waals surface area contributed by atoms with Gasteiger partial charge in [-0.2, -0.15) is 0 Å². The molecular weight excluding hydrogens is 174 g/mol. The van der Waals surface area contributed by atoms with E-state index in [1.807, 2.05) is 6.07 Å². The smallest absolute Gasteiger partial charge is 0.0841 e. The highest BCUT2D eigenvalue weighted by Gasteiger charge is 2.27. The molecule has 1 aromatic rings. The van der Waals surface area contributed by atoms with Crippen LogP contribution in [0, 0.1) is 0 Å². The molecule has 0 amide bonds. The SMILES string of the molecule is CN(C)C1COC(c2ccccc2)C1. The lowest BCUT2D eigenvalue weighted by atomic mass is 10.0. The summed E-state index contributed by atoms with van der Waals surface area (Å²) in [6.07, 6.45) is 1.40. The third-order valence-corrected chi connectivity index (χ3v) is 2.88. The Morgan fingerprint density at radius 3 is 2.50 bits per heavy atom. The Balaban J connectivity index is 2.03. The second kappa shape index (κ2) is 4.11. The van der Waals surface area contributed by atoms with E-state index in [2.05, 4.69) is 43.3 Å². The first-order chi connectivity index (χ1) is 6.77. The maximum atomic E-state index is 5.77. The lowest BCUT2D eigenvalue weighted by Gasteiger charge is -2.16. The van der Waals surface area contributed by atoms with E-state index in [0.29, 0.717) is 12.1 Å². The van der Waals surface area contributed by atoms with E-state index < -0.39 is 0 Å². The van der Waals surface area contributed by atoms with Crippen molar-refractivity contribution in [1.82, 2.24) is 4.90 Å². The molecule has 2 rings (SSSR count). The number of likely N-dealkylation sites (N-methyl/N-ethyl adjacent to an activating group) is 1. The summed E-state index contributed by atoms with van der Waals surface area (Å²) in [6, 6.07) is 11.0. The molecule has 76 valence electrons. The van der Waals surface area contributed by atoms with Crippen molar-refractivity contribution < 1.29 is 4.74 Å². The molecule has 1 aromatic carbocycles.